The van der Waals surface area contributed by atoms with Gasteiger partial charge >= 0.3 is 0 Å². The summed E-state index contributed by atoms with van der Waals surface area (Å²) in [4.78, 5) is 14.5. The molecule has 1 aromatic rings. The minimum atomic E-state index is -0.251. The second kappa shape index (κ2) is 7.62. The molecular formula is C15H23ClN2O2. The van der Waals surface area contributed by atoms with E-state index < -0.39 is 0 Å². The van der Waals surface area contributed by atoms with E-state index in [9.17, 15) is 4.79 Å². The number of halogens is 1. The predicted octanol–water partition coefficient (Wildman–Crippen LogP) is 1.79. The number of hydrogen-bond donors (Lipinski definition) is 1. The van der Waals surface area contributed by atoms with Crippen LogP contribution in [0.3, 0.4) is 0 Å². The number of amides is 1. The quantitative estimate of drug-likeness (QED) is 0.925. The highest BCUT2D eigenvalue weighted by Crippen LogP contribution is 2.20. The summed E-state index contributed by atoms with van der Waals surface area (Å²) in [5.41, 5.74) is 6.79. The molecule has 0 bridgehead atoms. The number of benzene rings is 1. The lowest BCUT2D eigenvalue weighted by molar-refractivity contribution is -0.144. The van der Waals surface area contributed by atoms with E-state index in [2.05, 4.69) is 0 Å². The zero-order valence-electron chi connectivity index (χ0n) is 12.0. The Morgan fingerprint density at radius 2 is 1.85 bits per heavy atom. The molecule has 0 radical (unpaired) electrons. The van der Waals surface area contributed by atoms with E-state index in [1.807, 2.05) is 49.1 Å². The second-order valence-electron chi connectivity index (χ2n) is 5.20. The summed E-state index contributed by atoms with van der Waals surface area (Å²) in [5, 5.41) is 0. The van der Waals surface area contributed by atoms with E-state index in [1.165, 1.54) is 0 Å². The molecule has 112 valence electrons. The number of carbonyl (C=O) groups excluding carboxylic acids is 1. The molecule has 2 N–H and O–H groups in total. The molecule has 0 aromatic heterocycles. The van der Waals surface area contributed by atoms with Crippen LogP contribution in [-0.2, 0) is 9.53 Å². The molecule has 1 aliphatic heterocycles. The standard InChI is InChI=1S/C15H22N2O2.ClH/c1-11-9-17(10-12(2)19-11)15(18)14(8-16)13-6-4-3-5-7-13;/h3-7,11-12,14H,8-10,16H2,1-2H3;1H. The molecule has 1 amide bonds. The number of nitrogens with two attached hydrogens (primary N) is 1. The topological polar surface area (TPSA) is 55.6 Å². The van der Waals surface area contributed by atoms with E-state index in [4.69, 9.17) is 10.5 Å². The molecule has 20 heavy (non-hydrogen) atoms. The molecule has 0 saturated carbocycles. The van der Waals surface area contributed by atoms with Gasteiger partial charge in [0.05, 0.1) is 18.1 Å². The average Bonchev–Trinajstić information content (AvgIpc) is 2.39. The van der Waals surface area contributed by atoms with Crippen molar-refractivity contribution in [2.24, 2.45) is 5.73 Å². The fourth-order valence-corrected chi connectivity index (χ4v) is 2.64. The van der Waals surface area contributed by atoms with Crippen LogP contribution in [0.4, 0.5) is 0 Å². The number of morpholine rings is 1. The van der Waals surface area contributed by atoms with Crippen molar-refractivity contribution in [1.82, 2.24) is 4.90 Å². The Balaban J connectivity index is 0.00000200. The van der Waals surface area contributed by atoms with Crippen LogP contribution in [0.2, 0.25) is 0 Å². The predicted molar refractivity (Wildman–Crippen MR) is 82.1 cm³/mol. The maximum atomic E-state index is 12.6. The summed E-state index contributed by atoms with van der Waals surface area (Å²) < 4.78 is 5.66. The van der Waals surface area contributed by atoms with E-state index >= 15 is 0 Å². The number of hydrogen-bond acceptors (Lipinski definition) is 3. The first-order valence-corrected chi connectivity index (χ1v) is 6.81. The van der Waals surface area contributed by atoms with Gasteiger partial charge < -0.3 is 15.4 Å². The summed E-state index contributed by atoms with van der Waals surface area (Å²) in [6, 6.07) is 9.75. The Hall–Kier alpha value is -1.10. The van der Waals surface area contributed by atoms with Crippen LogP contribution in [0.25, 0.3) is 0 Å². The van der Waals surface area contributed by atoms with Gasteiger partial charge in [0.2, 0.25) is 5.91 Å². The third-order valence-electron chi connectivity index (χ3n) is 3.47. The minimum Gasteiger partial charge on any atom is -0.372 e. The van der Waals surface area contributed by atoms with Gasteiger partial charge in [0.15, 0.2) is 0 Å². The fraction of sp³-hybridized carbons (Fsp3) is 0.533. The first-order valence-electron chi connectivity index (χ1n) is 6.81. The molecule has 1 heterocycles. The van der Waals surface area contributed by atoms with E-state index in [0.29, 0.717) is 19.6 Å². The van der Waals surface area contributed by atoms with Crippen molar-refractivity contribution in [1.29, 1.82) is 0 Å². The number of rotatable bonds is 3. The van der Waals surface area contributed by atoms with Crippen LogP contribution in [0.15, 0.2) is 30.3 Å². The van der Waals surface area contributed by atoms with Gasteiger partial charge in [0, 0.05) is 19.6 Å². The number of ether oxygens (including phenoxy) is 1. The SMILES string of the molecule is CC1CN(C(=O)C(CN)c2ccccc2)CC(C)O1.Cl. The van der Waals surface area contributed by atoms with Crippen LogP contribution in [0.5, 0.6) is 0 Å². The van der Waals surface area contributed by atoms with Gasteiger partial charge in [0.1, 0.15) is 0 Å². The van der Waals surface area contributed by atoms with Crippen molar-refractivity contribution in [2.45, 2.75) is 32.0 Å². The largest absolute Gasteiger partial charge is 0.372 e. The zero-order chi connectivity index (χ0) is 13.8. The van der Waals surface area contributed by atoms with Crippen LogP contribution >= 0.6 is 12.4 Å². The first-order chi connectivity index (χ1) is 9.11. The normalized spacial score (nSPS) is 23.9. The van der Waals surface area contributed by atoms with Crippen molar-refractivity contribution in [2.75, 3.05) is 19.6 Å². The second-order valence-corrected chi connectivity index (χ2v) is 5.20. The summed E-state index contributed by atoms with van der Waals surface area (Å²) in [6.07, 6.45) is 0.170. The first kappa shape index (κ1) is 17.0. The summed E-state index contributed by atoms with van der Waals surface area (Å²) in [5.74, 6) is -0.144. The van der Waals surface area contributed by atoms with Gasteiger partial charge in [-0.15, -0.1) is 12.4 Å². The lowest BCUT2D eigenvalue weighted by Gasteiger charge is -2.37. The maximum absolute atomic E-state index is 12.6. The number of carbonyl (C=O) groups is 1. The minimum absolute atomic E-state index is 0. The molecule has 1 aliphatic rings. The molecule has 3 atom stereocenters. The monoisotopic (exact) mass is 298 g/mol. The highest BCUT2D eigenvalue weighted by Gasteiger charge is 2.30. The van der Waals surface area contributed by atoms with Crippen molar-refractivity contribution in [3.63, 3.8) is 0 Å². The fourth-order valence-electron chi connectivity index (χ4n) is 2.64. The Labute approximate surface area is 126 Å². The van der Waals surface area contributed by atoms with Crippen molar-refractivity contribution in [3.8, 4) is 0 Å². The average molecular weight is 299 g/mol. The van der Waals surface area contributed by atoms with Crippen molar-refractivity contribution < 1.29 is 9.53 Å². The van der Waals surface area contributed by atoms with Gasteiger partial charge in [0.25, 0.3) is 0 Å². The molecule has 5 heteroatoms. The van der Waals surface area contributed by atoms with E-state index in [-0.39, 0.29) is 36.4 Å². The molecule has 2 rings (SSSR count). The lowest BCUT2D eigenvalue weighted by atomic mass is 9.97. The molecule has 0 spiro atoms. The summed E-state index contributed by atoms with van der Waals surface area (Å²) in [6.45, 7) is 5.62. The molecule has 1 saturated heterocycles. The van der Waals surface area contributed by atoms with Gasteiger partial charge in [-0.2, -0.15) is 0 Å². The Morgan fingerprint density at radius 1 is 1.30 bits per heavy atom. The summed E-state index contributed by atoms with van der Waals surface area (Å²) >= 11 is 0. The highest BCUT2D eigenvalue weighted by atomic mass is 35.5. The van der Waals surface area contributed by atoms with E-state index in [1.54, 1.807) is 0 Å². The van der Waals surface area contributed by atoms with Crippen molar-refractivity contribution >= 4 is 18.3 Å². The smallest absolute Gasteiger partial charge is 0.231 e. The van der Waals surface area contributed by atoms with Gasteiger partial charge in [-0.25, -0.2) is 0 Å². The Bertz CT molecular complexity index is 417. The third kappa shape index (κ3) is 3.95. The molecular weight excluding hydrogens is 276 g/mol. The maximum Gasteiger partial charge on any atom is 0.231 e. The van der Waals surface area contributed by atoms with Crippen LogP contribution in [-0.4, -0.2) is 42.6 Å². The Kier molecular flexibility index (Phi) is 6.46. The zero-order valence-corrected chi connectivity index (χ0v) is 12.8. The molecule has 1 fully saturated rings. The molecule has 0 aliphatic carbocycles. The highest BCUT2D eigenvalue weighted by molar-refractivity contribution is 5.85. The van der Waals surface area contributed by atoms with Gasteiger partial charge in [-0.1, -0.05) is 30.3 Å². The summed E-state index contributed by atoms with van der Waals surface area (Å²) in [7, 11) is 0. The van der Waals surface area contributed by atoms with Crippen LogP contribution in [0.1, 0.15) is 25.3 Å². The van der Waals surface area contributed by atoms with Crippen molar-refractivity contribution in [3.05, 3.63) is 35.9 Å². The Morgan fingerprint density at radius 3 is 2.35 bits per heavy atom. The van der Waals surface area contributed by atoms with Gasteiger partial charge in [-0.05, 0) is 19.4 Å². The third-order valence-corrected chi connectivity index (χ3v) is 3.47. The van der Waals surface area contributed by atoms with Crippen LogP contribution in [0, 0.1) is 0 Å². The van der Waals surface area contributed by atoms with Crippen LogP contribution < -0.4 is 5.73 Å². The lowest BCUT2D eigenvalue weighted by Crippen LogP contribution is -2.50. The van der Waals surface area contributed by atoms with Gasteiger partial charge in [-0.3, -0.25) is 4.79 Å². The molecule has 4 nitrogen and oxygen atoms in total. The van der Waals surface area contributed by atoms with E-state index in [0.717, 1.165) is 5.56 Å². The molecule has 3 unspecified atom stereocenters. The number of nitrogens with zero attached hydrogens (tertiary/aromatic N) is 1. The molecule has 1 aromatic carbocycles.